The molecule has 4 atom stereocenters. The highest BCUT2D eigenvalue weighted by molar-refractivity contribution is 5.95. The molecule has 14 heteroatoms. The number of hydrogen-bond acceptors (Lipinski definition) is 10. The van der Waals surface area contributed by atoms with Gasteiger partial charge >= 0.3 is 23.6 Å². The predicted molar refractivity (Wildman–Crippen MR) is 173 cm³/mol. The van der Waals surface area contributed by atoms with E-state index in [4.69, 9.17) is 18.9 Å². The van der Waals surface area contributed by atoms with Gasteiger partial charge in [0.25, 0.3) is 11.5 Å². The van der Waals surface area contributed by atoms with Crippen LogP contribution in [0.4, 0.5) is 8.78 Å². The van der Waals surface area contributed by atoms with Crippen molar-refractivity contribution in [1.29, 1.82) is 0 Å². The summed E-state index contributed by atoms with van der Waals surface area (Å²) in [5.41, 5.74) is -2.28. The van der Waals surface area contributed by atoms with E-state index in [2.05, 4.69) is 0 Å². The van der Waals surface area contributed by atoms with Crippen molar-refractivity contribution in [2.24, 2.45) is 0 Å². The standard InChI is InChI=1S/C37H26F2N2O10/c38-26-15-11-22(12-16-26)32(43)41-29(42)19-20-40(37(41)47)33-31(51-36(46)24-9-5-2-6-10-24)30(50-35(45)23-7-3-1-4-8-23)28(49-33)21-48-34(44)25-13-17-27(39)18-14-25/h1-20,28,30-31,33H,21H2/t28-,30+,31+,33-/m0/s1. The van der Waals surface area contributed by atoms with Crippen molar-refractivity contribution in [3.63, 3.8) is 0 Å². The van der Waals surface area contributed by atoms with Crippen molar-refractivity contribution in [1.82, 2.24) is 9.13 Å². The van der Waals surface area contributed by atoms with Gasteiger partial charge in [0.2, 0.25) is 0 Å². The van der Waals surface area contributed by atoms with E-state index in [-0.39, 0.29) is 26.8 Å². The van der Waals surface area contributed by atoms with Gasteiger partial charge in [-0.05, 0) is 72.8 Å². The van der Waals surface area contributed by atoms with Gasteiger partial charge in [-0.2, -0.15) is 4.57 Å². The molecule has 0 aliphatic carbocycles. The molecule has 0 N–H and O–H groups in total. The van der Waals surface area contributed by atoms with Crippen molar-refractivity contribution in [3.05, 3.63) is 176 Å². The van der Waals surface area contributed by atoms with E-state index in [9.17, 15) is 37.5 Å². The summed E-state index contributed by atoms with van der Waals surface area (Å²) in [5.74, 6) is -5.04. The zero-order chi connectivity index (χ0) is 36.1. The summed E-state index contributed by atoms with van der Waals surface area (Å²) in [6, 6.07) is 25.0. The first kappa shape index (κ1) is 34.3. The summed E-state index contributed by atoms with van der Waals surface area (Å²) in [5, 5.41) is 0. The highest BCUT2D eigenvalue weighted by atomic mass is 19.1. The Morgan fingerprint density at radius 1 is 0.608 bits per heavy atom. The average Bonchev–Trinajstić information content (AvgIpc) is 3.47. The number of benzene rings is 4. The Labute approximate surface area is 287 Å². The molecule has 0 spiro atoms. The number of rotatable bonds is 9. The molecule has 1 fully saturated rings. The van der Waals surface area contributed by atoms with E-state index in [1.54, 1.807) is 36.4 Å². The lowest BCUT2D eigenvalue weighted by Crippen LogP contribution is -2.47. The monoisotopic (exact) mass is 696 g/mol. The van der Waals surface area contributed by atoms with Gasteiger partial charge in [0, 0.05) is 17.8 Å². The Kier molecular flexibility index (Phi) is 10.0. The lowest BCUT2D eigenvalue weighted by atomic mass is 10.1. The van der Waals surface area contributed by atoms with Crippen LogP contribution in [-0.4, -0.2) is 57.9 Å². The minimum Gasteiger partial charge on any atom is -0.459 e. The Bertz CT molecular complexity index is 2190. The molecule has 2 heterocycles. The summed E-state index contributed by atoms with van der Waals surface area (Å²) < 4.78 is 51.3. The SMILES string of the molecule is O=C(OC[C@@H]1O[C@H](n2ccc(=O)n(C(=O)c3ccc(F)cc3)c2=O)[C@H](OC(=O)c2ccccc2)[C@@H]1OC(=O)c1ccccc1)c1ccc(F)cc1. The number of aromatic nitrogens is 2. The molecule has 5 aromatic rings. The Morgan fingerprint density at radius 2 is 1.10 bits per heavy atom. The van der Waals surface area contributed by atoms with E-state index in [1.165, 1.54) is 36.4 Å². The van der Waals surface area contributed by atoms with Crippen molar-refractivity contribution in [3.8, 4) is 0 Å². The third kappa shape index (κ3) is 7.55. The maximum atomic E-state index is 13.9. The Morgan fingerprint density at radius 3 is 1.65 bits per heavy atom. The minimum atomic E-state index is -1.67. The van der Waals surface area contributed by atoms with E-state index in [0.29, 0.717) is 0 Å². The fourth-order valence-electron chi connectivity index (χ4n) is 5.29. The second kappa shape index (κ2) is 14.9. The number of carbonyl (C=O) groups excluding carboxylic acids is 4. The third-order valence-electron chi connectivity index (χ3n) is 7.83. The number of esters is 3. The molecule has 4 aromatic carbocycles. The van der Waals surface area contributed by atoms with Gasteiger partial charge in [0.1, 0.15) is 24.3 Å². The molecule has 0 unspecified atom stereocenters. The number of ether oxygens (including phenoxy) is 4. The van der Waals surface area contributed by atoms with Crippen LogP contribution < -0.4 is 11.2 Å². The zero-order valence-corrected chi connectivity index (χ0v) is 26.3. The van der Waals surface area contributed by atoms with E-state index >= 15 is 0 Å². The molecule has 1 aliphatic rings. The molecule has 6 rings (SSSR count). The molecule has 1 aromatic heterocycles. The Hall–Kier alpha value is -6.54. The summed E-state index contributed by atoms with van der Waals surface area (Å²) in [6.07, 6.45) is -5.25. The van der Waals surface area contributed by atoms with Gasteiger partial charge in [-0.1, -0.05) is 36.4 Å². The van der Waals surface area contributed by atoms with Gasteiger partial charge < -0.3 is 18.9 Å². The van der Waals surface area contributed by atoms with Crippen LogP contribution in [0.15, 0.2) is 131 Å². The quantitative estimate of drug-likeness (QED) is 0.162. The van der Waals surface area contributed by atoms with Crippen LogP contribution in [0.25, 0.3) is 0 Å². The van der Waals surface area contributed by atoms with Crippen LogP contribution in [0.1, 0.15) is 47.7 Å². The van der Waals surface area contributed by atoms with Crippen LogP contribution in [0.2, 0.25) is 0 Å². The molecule has 51 heavy (non-hydrogen) atoms. The molecule has 0 bridgehead atoms. The summed E-state index contributed by atoms with van der Waals surface area (Å²) in [6.45, 7) is -0.623. The summed E-state index contributed by atoms with van der Waals surface area (Å²) in [7, 11) is 0. The lowest BCUT2D eigenvalue weighted by molar-refractivity contribution is -0.0643. The summed E-state index contributed by atoms with van der Waals surface area (Å²) >= 11 is 0. The first-order chi connectivity index (χ1) is 24.6. The topological polar surface area (TPSA) is 149 Å². The van der Waals surface area contributed by atoms with Crippen LogP contribution in [-0.2, 0) is 18.9 Å². The average molecular weight is 697 g/mol. The molecule has 1 saturated heterocycles. The van der Waals surface area contributed by atoms with Crippen molar-refractivity contribution < 1.29 is 46.9 Å². The van der Waals surface area contributed by atoms with Gasteiger partial charge in [0.05, 0.1) is 16.7 Å². The van der Waals surface area contributed by atoms with Crippen molar-refractivity contribution in [2.45, 2.75) is 24.5 Å². The third-order valence-corrected chi connectivity index (χ3v) is 7.83. The van der Waals surface area contributed by atoms with Gasteiger partial charge in [0.15, 0.2) is 18.4 Å². The molecule has 0 radical (unpaired) electrons. The van der Waals surface area contributed by atoms with Crippen LogP contribution >= 0.6 is 0 Å². The molecular formula is C37H26F2N2O10. The van der Waals surface area contributed by atoms with Gasteiger partial charge in [-0.3, -0.25) is 14.2 Å². The predicted octanol–water partition coefficient (Wildman–Crippen LogP) is 4.18. The zero-order valence-electron chi connectivity index (χ0n) is 26.3. The van der Waals surface area contributed by atoms with Crippen LogP contribution in [0, 0.1) is 11.6 Å². The number of hydrogen-bond donors (Lipinski definition) is 0. The highest BCUT2D eigenvalue weighted by Gasteiger charge is 2.52. The second-order valence-electron chi connectivity index (χ2n) is 11.1. The number of nitrogens with zero attached hydrogens (tertiary/aromatic N) is 2. The Balaban J connectivity index is 1.41. The van der Waals surface area contributed by atoms with Crippen LogP contribution in [0.5, 0.6) is 0 Å². The van der Waals surface area contributed by atoms with E-state index in [1.807, 2.05) is 0 Å². The maximum absolute atomic E-state index is 13.9. The number of carbonyl (C=O) groups is 4. The van der Waals surface area contributed by atoms with Crippen molar-refractivity contribution in [2.75, 3.05) is 6.61 Å². The first-order valence-corrected chi connectivity index (χ1v) is 15.4. The first-order valence-electron chi connectivity index (χ1n) is 15.4. The summed E-state index contributed by atoms with van der Waals surface area (Å²) in [4.78, 5) is 79.8. The van der Waals surface area contributed by atoms with Crippen LogP contribution in [0.3, 0.4) is 0 Å². The highest BCUT2D eigenvalue weighted by Crippen LogP contribution is 2.35. The lowest BCUT2D eigenvalue weighted by Gasteiger charge is -2.25. The second-order valence-corrected chi connectivity index (χ2v) is 11.1. The normalized spacial score (nSPS) is 18.1. The fraction of sp³-hybridized carbons (Fsp3) is 0.135. The molecule has 0 saturated carbocycles. The minimum absolute atomic E-state index is 0.0153. The van der Waals surface area contributed by atoms with E-state index < -0.39 is 77.8 Å². The largest absolute Gasteiger partial charge is 0.459 e. The smallest absolute Gasteiger partial charge is 0.340 e. The van der Waals surface area contributed by atoms with Crippen molar-refractivity contribution >= 4 is 23.8 Å². The fourth-order valence-corrected chi connectivity index (χ4v) is 5.29. The molecule has 1 aliphatic heterocycles. The molecule has 0 amide bonds. The van der Waals surface area contributed by atoms with E-state index in [0.717, 1.165) is 53.2 Å². The molecule has 12 nitrogen and oxygen atoms in total. The van der Waals surface area contributed by atoms with Gasteiger partial charge in [-0.15, -0.1) is 0 Å². The molecule has 258 valence electrons. The van der Waals surface area contributed by atoms with Gasteiger partial charge in [-0.25, -0.2) is 28.0 Å². The molecular weight excluding hydrogens is 670 g/mol. The maximum Gasteiger partial charge on any atom is 0.340 e. The number of halogens is 2.